The molecule has 41 heavy (non-hydrogen) atoms. The fourth-order valence-electron chi connectivity index (χ4n) is 5.30. The second-order valence-corrected chi connectivity index (χ2v) is 10.6. The Hall–Kier alpha value is -4.39. The molecular formula is C34H38N2O5. The van der Waals surface area contributed by atoms with E-state index in [1.54, 1.807) is 30.3 Å². The van der Waals surface area contributed by atoms with Crippen molar-refractivity contribution in [3.63, 3.8) is 0 Å². The Morgan fingerprint density at radius 2 is 1.56 bits per heavy atom. The van der Waals surface area contributed by atoms with Crippen molar-refractivity contribution in [3.8, 4) is 5.75 Å². The normalized spacial score (nSPS) is 17.1. The van der Waals surface area contributed by atoms with Gasteiger partial charge in [-0.3, -0.25) is 9.59 Å². The SMILES string of the molecule is C=CCC(C)(NC(=O)N1C(=O)C(CC)(CC)C1Oc1ccc(CC(=O)OCc2ccccc2)cc1)c1ccccc1. The number of carbonyl (C=O) groups is 3. The number of ether oxygens (including phenoxy) is 2. The number of urea groups is 1. The van der Waals surface area contributed by atoms with Gasteiger partial charge in [0.2, 0.25) is 5.91 Å². The van der Waals surface area contributed by atoms with Crippen LogP contribution in [0.5, 0.6) is 5.75 Å². The lowest BCUT2D eigenvalue weighted by atomic mass is 9.72. The van der Waals surface area contributed by atoms with E-state index in [-0.39, 0.29) is 24.9 Å². The van der Waals surface area contributed by atoms with Crippen LogP contribution in [0.25, 0.3) is 0 Å². The topological polar surface area (TPSA) is 84.9 Å². The summed E-state index contributed by atoms with van der Waals surface area (Å²) < 4.78 is 11.7. The maximum absolute atomic E-state index is 13.6. The van der Waals surface area contributed by atoms with Crippen LogP contribution >= 0.6 is 0 Å². The molecule has 1 N–H and O–H groups in total. The summed E-state index contributed by atoms with van der Waals surface area (Å²) in [6, 6.07) is 25.7. The van der Waals surface area contributed by atoms with Gasteiger partial charge in [0.1, 0.15) is 17.8 Å². The second-order valence-electron chi connectivity index (χ2n) is 10.6. The van der Waals surface area contributed by atoms with Gasteiger partial charge in [-0.2, -0.15) is 0 Å². The largest absolute Gasteiger partial charge is 0.469 e. The van der Waals surface area contributed by atoms with E-state index in [0.29, 0.717) is 25.0 Å². The average Bonchev–Trinajstić information content (AvgIpc) is 2.98. The van der Waals surface area contributed by atoms with Crippen LogP contribution in [0, 0.1) is 5.41 Å². The first-order valence-corrected chi connectivity index (χ1v) is 14.0. The summed E-state index contributed by atoms with van der Waals surface area (Å²) in [6.07, 6.45) is 2.66. The Morgan fingerprint density at radius 3 is 2.15 bits per heavy atom. The zero-order valence-corrected chi connectivity index (χ0v) is 24.0. The highest BCUT2D eigenvalue weighted by Gasteiger charge is 2.63. The zero-order valence-electron chi connectivity index (χ0n) is 24.0. The number of β-lactam (4-membered cyclic amide) rings is 1. The van der Waals surface area contributed by atoms with Crippen molar-refractivity contribution < 1.29 is 23.9 Å². The summed E-state index contributed by atoms with van der Waals surface area (Å²) in [5.74, 6) is -0.0754. The van der Waals surface area contributed by atoms with Crippen LogP contribution in [0.3, 0.4) is 0 Å². The Bertz CT molecular complexity index is 1350. The third-order valence-corrected chi connectivity index (χ3v) is 7.94. The molecule has 0 aromatic heterocycles. The standard InChI is InChI=1S/C34H38N2O5/c1-5-22-33(4,27-16-12-9-13-17-27)35-32(39)36-30(38)34(6-2,7-3)31(36)41-28-20-18-25(19-21-28)23-29(37)40-24-26-14-10-8-11-15-26/h5,8-21,31H,1,6-7,22-24H2,2-4H3,(H,35,39). The van der Waals surface area contributed by atoms with E-state index < -0.39 is 23.2 Å². The molecule has 3 amide bonds. The summed E-state index contributed by atoms with van der Waals surface area (Å²) in [5, 5.41) is 3.06. The van der Waals surface area contributed by atoms with Crippen LogP contribution in [-0.2, 0) is 32.9 Å². The van der Waals surface area contributed by atoms with Crippen LogP contribution in [0.1, 0.15) is 56.7 Å². The van der Waals surface area contributed by atoms with Crippen LogP contribution in [0.2, 0.25) is 0 Å². The van der Waals surface area contributed by atoms with Crippen LogP contribution in [0.15, 0.2) is 97.6 Å². The summed E-state index contributed by atoms with van der Waals surface area (Å²) >= 11 is 0. The molecule has 1 fully saturated rings. The maximum Gasteiger partial charge on any atom is 0.327 e. The number of benzene rings is 3. The first kappa shape index (κ1) is 29.6. The van der Waals surface area contributed by atoms with E-state index in [4.69, 9.17) is 9.47 Å². The number of nitrogens with one attached hydrogen (secondary N) is 1. The minimum absolute atomic E-state index is 0.124. The summed E-state index contributed by atoms with van der Waals surface area (Å²) in [6.45, 7) is 9.86. The summed E-state index contributed by atoms with van der Waals surface area (Å²) in [4.78, 5) is 40.5. The van der Waals surface area contributed by atoms with Gasteiger partial charge in [0.15, 0.2) is 6.23 Å². The van der Waals surface area contributed by atoms with Gasteiger partial charge in [-0.05, 0) is 55.0 Å². The third kappa shape index (κ3) is 6.35. The molecule has 1 heterocycles. The van der Waals surface area contributed by atoms with Gasteiger partial charge >= 0.3 is 12.0 Å². The second kappa shape index (κ2) is 12.9. The van der Waals surface area contributed by atoms with E-state index in [1.165, 1.54) is 4.90 Å². The van der Waals surface area contributed by atoms with Crippen molar-refractivity contribution >= 4 is 17.9 Å². The molecule has 1 aliphatic heterocycles. The quantitative estimate of drug-likeness (QED) is 0.156. The number of likely N-dealkylation sites (tertiary alicyclic amines) is 1. The van der Waals surface area contributed by atoms with Crippen molar-refractivity contribution in [2.75, 3.05) is 0 Å². The van der Waals surface area contributed by atoms with Gasteiger partial charge < -0.3 is 14.8 Å². The molecule has 0 radical (unpaired) electrons. The van der Waals surface area contributed by atoms with Crippen molar-refractivity contribution in [1.82, 2.24) is 10.2 Å². The molecule has 0 spiro atoms. The number of carbonyl (C=O) groups excluding carboxylic acids is 3. The fourth-order valence-corrected chi connectivity index (χ4v) is 5.30. The summed E-state index contributed by atoms with van der Waals surface area (Å²) in [7, 11) is 0. The Balaban J connectivity index is 1.45. The minimum atomic E-state index is -0.807. The van der Waals surface area contributed by atoms with E-state index in [2.05, 4.69) is 11.9 Å². The molecule has 214 valence electrons. The van der Waals surface area contributed by atoms with Crippen molar-refractivity contribution in [2.24, 2.45) is 5.41 Å². The molecule has 7 heteroatoms. The zero-order chi connectivity index (χ0) is 29.5. The van der Waals surface area contributed by atoms with Gasteiger partial charge in [0.25, 0.3) is 0 Å². The lowest BCUT2D eigenvalue weighted by molar-refractivity contribution is -0.191. The molecule has 1 saturated heterocycles. The first-order chi connectivity index (χ1) is 19.8. The number of amides is 3. The van der Waals surface area contributed by atoms with Gasteiger partial charge in [-0.1, -0.05) is 92.7 Å². The molecule has 2 unspecified atom stereocenters. The van der Waals surface area contributed by atoms with Gasteiger partial charge in [-0.25, -0.2) is 9.69 Å². The van der Waals surface area contributed by atoms with Crippen molar-refractivity contribution in [1.29, 1.82) is 0 Å². The molecule has 0 bridgehead atoms. The highest BCUT2D eigenvalue weighted by molar-refractivity contribution is 6.03. The smallest absolute Gasteiger partial charge is 0.327 e. The van der Waals surface area contributed by atoms with E-state index in [1.807, 2.05) is 81.4 Å². The number of rotatable bonds is 12. The monoisotopic (exact) mass is 554 g/mol. The van der Waals surface area contributed by atoms with E-state index >= 15 is 0 Å². The highest BCUT2D eigenvalue weighted by atomic mass is 16.5. The Labute approximate surface area is 242 Å². The number of esters is 1. The predicted octanol–water partition coefficient (Wildman–Crippen LogP) is 6.53. The van der Waals surface area contributed by atoms with Crippen LogP contribution in [-0.4, -0.2) is 29.0 Å². The van der Waals surface area contributed by atoms with E-state index in [0.717, 1.165) is 16.7 Å². The molecule has 3 aromatic rings. The summed E-state index contributed by atoms with van der Waals surface area (Å²) in [5.41, 5.74) is 1.05. The fraction of sp³-hybridized carbons (Fsp3) is 0.324. The molecule has 2 atom stereocenters. The molecule has 4 rings (SSSR count). The molecule has 7 nitrogen and oxygen atoms in total. The Morgan fingerprint density at radius 1 is 0.951 bits per heavy atom. The Kier molecular flexibility index (Phi) is 9.28. The lowest BCUT2D eigenvalue weighted by Crippen LogP contribution is -2.74. The molecular weight excluding hydrogens is 516 g/mol. The van der Waals surface area contributed by atoms with Crippen LogP contribution in [0.4, 0.5) is 4.79 Å². The van der Waals surface area contributed by atoms with Crippen molar-refractivity contribution in [3.05, 3.63) is 114 Å². The number of hydrogen-bond donors (Lipinski definition) is 1. The molecule has 0 aliphatic carbocycles. The number of hydrogen-bond acceptors (Lipinski definition) is 5. The first-order valence-electron chi connectivity index (χ1n) is 14.0. The van der Waals surface area contributed by atoms with Gasteiger partial charge in [-0.15, -0.1) is 6.58 Å². The number of imide groups is 1. The highest BCUT2D eigenvalue weighted by Crippen LogP contribution is 2.46. The molecule has 1 aliphatic rings. The lowest BCUT2D eigenvalue weighted by Gasteiger charge is -2.53. The number of nitrogens with zero attached hydrogens (tertiary/aromatic N) is 1. The van der Waals surface area contributed by atoms with E-state index in [9.17, 15) is 14.4 Å². The van der Waals surface area contributed by atoms with Gasteiger partial charge in [0, 0.05) is 0 Å². The van der Waals surface area contributed by atoms with Gasteiger partial charge in [0.05, 0.1) is 12.0 Å². The van der Waals surface area contributed by atoms with Crippen molar-refractivity contribution in [2.45, 2.75) is 64.8 Å². The minimum Gasteiger partial charge on any atom is -0.469 e. The average molecular weight is 555 g/mol. The molecule has 0 saturated carbocycles. The van der Waals surface area contributed by atoms with Crippen LogP contribution < -0.4 is 10.1 Å². The molecule has 3 aromatic carbocycles. The third-order valence-electron chi connectivity index (χ3n) is 7.94. The maximum atomic E-state index is 13.6. The predicted molar refractivity (Wildman–Crippen MR) is 158 cm³/mol.